The molecule has 1 atom stereocenters. The predicted molar refractivity (Wildman–Crippen MR) is 96.8 cm³/mol. The molecule has 1 amide bonds. The molecule has 1 saturated heterocycles. The van der Waals surface area contributed by atoms with Gasteiger partial charge >= 0.3 is 18.2 Å². The van der Waals surface area contributed by atoms with Crippen molar-refractivity contribution in [3.8, 4) is 11.4 Å². The lowest BCUT2D eigenvalue weighted by Gasteiger charge is -2.24. The van der Waals surface area contributed by atoms with Gasteiger partial charge in [0, 0.05) is 28.8 Å². The first kappa shape index (κ1) is 20.5. The Labute approximate surface area is 164 Å². The summed E-state index contributed by atoms with van der Waals surface area (Å²) in [7, 11) is 0. The summed E-state index contributed by atoms with van der Waals surface area (Å²) in [5.41, 5.74) is -0.0929. The number of alkyl halides is 3. The van der Waals surface area contributed by atoms with Gasteiger partial charge in [-0.05, 0) is 51.5 Å². The van der Waals surface area contributed by atoms with Crippen LogP contribution in [-0.4, -0.2) is 45.1 Å². The standard InChI is InChI=1S/C18H20F3N3O3S/c1-17(2,3)26-16(25)24-9-8-13(10-24)28-12-6-4-11(5-7-12)14-22-15(27-23-14)18(19,20)21/h4-7,13H,8-10H2,1-3H3/t13-/m0/s1. The molecule has 1 aromatic carbocycles. The van der Waals surface area contributed by atoms with Crippen molar-refractivity contribution >= 4 is 17.9 Å². The molecule has 0 spiro atoms. The Bertz CT molecular complexity index is 831. The van der Waals surface area contributed by atoms with Crippen molar-refractivity contribution in [3.05, 3.63) is 30.2 Å². The van der Waals surface area contributed by atoms with Crippen molar-refractivity contribution in [3.63, 3.8) is 0 Å². The summed E-state index contributed by atoms with van der Waals surface area (Å²) < 4.78 is 47.3. The number of carbonyl (C=O) groups is 1. The van der Waals surface area contributed by atoms with E-state index in [-0.39, 0.29) is 17.2 Å². The van der Waals surface area contributed by atoms with Gasteiger partial charge in [0.05, 0.1) is 0 Å². The van der Waals surface area contributed by atoms with Gasteiger partial charge in [0.15, 0.2) is 0 Å². The van der Waals surface area contributed by atoms with Gasteiger partial charge in [0.1, 0.15) is 5.60 Å². The van der Waals surface area contributed by atoms with Crippen LogP contribution in [0.1, 0.15) is 33.1 Å². The Balaban J connectivity index is 1.58. The van der Waals surface area contributed by atoms with E-state index in [1.54, 1.807) is 40.9 Å². The number of benzene rings is 1. The highest BCUT2D eigenvalue weighted by Gasteiger charge is 2.38. The Kier molecular flexibility index (Phi) is 5.60. The van der Waals surface area contributed by atoms with Crippen LogP contribution < -0.4 is 0 Å². The van der Waals surface area contributed by atoms with Gasteiger partial charge in [-0.3, -0.25) is 0 Å². The lowest BCUT2D eigenvalue weighted by Crippen LogP contribution is -2.35. The van der Waals surface area contributed by atoms with Crippen molar-refractivity contribution in [2.75, 3.05) is 13.1 Å². The molecule has 152 valence electrons. The number of thioether (sulfide) groups is 1. The van der Waals surface area contributed by atoms with Crippen molar-refractivity contribution in [1.82, 2.24) is 15.0 Å². The molecule has 0 aliphatic carbocycles. The Hall–Kier alpha value is -2.23. The number of hydrogen-bond acceptors (Lipinski definition) is 6. The first-order valence-corrected chi connectivity index (χ1v) is 9.55. The van der Waals surface area contributed by atoms with Gasteiger partial charge < -0.3 is 14.2 Å². The number of carbonyl (C=O) groups excluding carboxylic acids is 1. The Morgan fingerprint density at radius 2 is 1.93 bits per heavy atom. The maximum atomic E-state index is 12.6. The maximum Gasteiger partial charge on any atom is 0.471 e. The van der Waals surface area contributed by atoms with E-state index >= 15 is 0 Å². The van der Waals surface area contributed by atoms with Crippen LogP contribution in [0.3, 0.4) is 0 Å². The molecule has 2 heterocycles. The SMILES string of the molecule is CC(C)(C)OC(=O)N1CC[C@H](Sc2ccc(-c3noc(C(F)(F)F)n3)cc2)C1. The average Bonchev–Trinajstić information content (AvgIpc) is 3.23. The third-order valence-corrected chi connectivity index (χ3v) is 5.14. The van der Waals surface area contributed by atoms with Crippen LogP contribution in [0.25, 0.3) is 11.4 Å². The number of amides is 1. The average molecular weight is 415 g/mol. The molecule has 1 aliphatic rings. The Morgan fingerprint density at radius 1 is 1.25 bits per heavy atom. The highest BCUT2D eigenvalue weighted by molar-refractivity contribution is 8.00. The minimum absolute atomic E-state index is 0.110. The van der Waals surface area contributed by atoms with Gasteiger partial charge in [-0.15, -0.1) is 11.8 Å². The molecule has 6 nitrogen and oxygen atoms in total. The molecule has 2 aromatic rings. The van der Waals surface area contributed by atoms with Crippen molar-refractivity contribution < 1.29 is 27.2 Å². The lowest BCUT2D eigenvalue weighted by molar-refractivity contribution is -0.159. The van der Waals surface area contributed by atoms with Gasteiger partial charge in [-0.2, -0.15) is 18.2 Å². The van der Waals surface area contributed by atoms with E-state index in [4.69, 9.17) is 4.74 Å². The fraction of sp³-hybridized carbons (Fsp3) is 0.500. The normalized spacial score (nSPS) is 17.8. The smallest absolute Gasteiger partial charge is 0.444 e. The zero-order chi connectivity index (χ0) is 20.5. The van der Waals surface area contributed by atoms with Crippen LogP contribution >= 0.6 is 11.8 Å². The van der Waals surface area contributed by atoms with E-state index in [0.29, 0.717) is 18.7 Å². The molecular weight excluding hydrogens is 395 g/mol. The minimum atomic E-state index is -4.66. The van der Waals surface area contributed by atoms with E-state index in [0.717, 1.165) is 11.3 Å². The highest BCUT2D eigenvalue weighted by atomic mass is 32.2. The molecule has 0 radical (unpaired) electrons. The van der Waals surface area contributed by atoms with Gasteiger partial charge in [0.2, 0.25) is 5.82 Å². The van der Waals surface area contributed by atoms with Gasteiger partial charge in [-0.1, -0.05) is 5.16 Å². The van der Waals surface area contributed by atoms with Crippen LogP contribution in [-0.2, 0) is 10.9 Å². The molecule has 1 aromatic heterocycles. The summed E-state index contributed by atoms with van der Waals surface area (Å²) in [4.78, 5) is 18.1. The Morgan fingerprint density at radius 3 is 2.50 bits per heavy atom. The van der Waals surface area contributed by atoms with E-state index in [1.165, 1.54) is 0 Å². The number of halogens is 3. The summed E-state index contributed by atoms with van der Waals surface area (Å²) >= 11 is 1.61. The fourth-order valence-electron chi connectivity index (χ4n) is 2.65. The first-order valence-electron chi connectivity index (χ1n) is 8.67. The number of likely N-dealkylation sites (tertiary alicyclic amines) is 1. The fourth-order valence-corrected chi connectivity index (χ4v) is 3.80. The highest BCUT2D eigenvalue weighted by Crippen LogP contribution is 2.33. The van der Waals surface area contributed by atoms with E-state index < -0.39 is 17.7 Å². The molecule has 3 rings (SSSR count). The zero-order valence-electron chi connectivity index (χ0n) is 15.6. The van der Waals surface area contributed by atoms with Gasteiger partial charge in [0.25, 0.3) is 0 Å². The molecule has 0 saturated carbocycles. The molecule has 0 N–H and O–H groups in total. The van der Waals surface area contributed by atoms with Crippen molar-refractivity contribution in [2.24, 2.45) is 0 Å². The van der Waals surface area contributed by atoms with Crippen LogP contribution in [0, 0.1) is 0 Å². The van der Waals surface area contributed by atoms with Crippen LogP contribution in [0.4, 0.5) is 18.0 Å². The zero-order valence-corrected chi connectivity index (χ0v) is 16.4. The largest absolute Gasteiger partial charge is 0.471 e. The predicted octanol–water partition coefficient (Wildman–Crippen LogP) is 4.86. The second-order valence-corrected chi connectivity index (χ2v) is 8.77. The van der Waals surface area contributed by atoms with Crippen molar-refractivity contribution in [1.29, 1.82) is 0 Å². The van der Waals surface area contributed by atoms with Crippen LogP contribution in [0.2, 0.25) is 0 Å². The molecular formula is C18H20F3N3O3S. The van der Waals surface area contributed by atoms with Crippen LogP contribution in [0.15, 0.2) is 33.7 Å². The number of rotatable bonds is 3. The summed E-state index contributed by atoms with van der Waals surface area (Å²) in [6.07, 6.45) is -4.14. The number of hydrogen-bond donors (Lipinski definition) is 0. The van der Waals surface area contributed by atoms with E-state index in [9.17, 15) is 18.0 Å². The van der Waals surface area contributed by atoms with E-state index in [2.05, 4.69) is 14.7 Å². The summed E-state index contributed by atoms with van der Waals surface area (Å²) in [5, 5.41) is 3.60. The molecule has 0 bridgehead atoms. The third kappa shape index (κ3) is 5.18. The summed E-state index contributed by atoms with van der Waals surface area (Å²) in [6, 6.07) is 6.88. The summed E-state index contributed by atoms with van der Waals surface area (Å²) in [6.45, 7) is 6.71. The molecule has 0 unspecified atom stereocenters. The quantitative estimate of drug-likeness (QED) is 0.713. The molecule has 1 aliphatic heterocycles. The second-order valence-electron chi connectivity index (χ2n) is 7.40. The third-order valence-electron chi connectivity index (χ3n) is 3.88. The van der Waals surface area contributed by atoms with Crippen molar-refractivity contribution in [2.45, 2.75) is 49.1 Å². The number of aromatic nitrogens is 2. The second kappa shape index (κ2) is 7.65. The molecule has 10 heteroatoms. The number of ether oxygens (including phenoxy) is 1. The topological polar surface area (TPSA) is 68.5 Å². The molecule has 28 heavy (non-hydrogen) atoms. The van der Waals surface area contributed by atoms with Gasteiger partial charge in [-0.25, -0.2) is 4.79 Å². The van der Waals surface area contributed by atoms with Crippen LogP contribution in [0.5, 0.6) is 0 Å². The molecule has 1 fully saturated rings. The monoisotopic (exact) mass is 415 g/mol. The first-order chi connectivity index (χ1) is 13.0. The lowest BCUT2D eigenvalue weighted by atomic mass is 10.2. The van der Waals surface area contributed by atoms with E-state index in [1.807, 2.05) is 20.8 Å². The summed E-state index contributed by atoms with van der Waals surface area (Å²) in [5.74, 6) is -1.48. The number of nitrogens with zero attached hydrogens (tertiary/aromatic N) is 3. The minimum Gasteiger partial charge on any atom is -0.444 e. The maximum absolute atomic E-state index is 12.6.